The Hall–Kier alpha value is 0.478. The Kier molecular flexibility index (Phi) is 98.9. The van der Waals surface area contributed by atoms with E-state index >= 15 is 0 Å². The summed E-state index contributed by atoms with van der Waals surface area (Å²) in [7, 11) is -3.67. The average Bonchev–Trinajstić information content (AvgIpc) is 1.75. The summed E-state index contributed by atoms with van der Waals surface area (Å²) in [6.45, 7) is 10.0. The van der Waals surface area contributed by atoms with Crippen molar-refractivity contribution in [2.24, 2.45) is 0 Å². The largest absolute Gasteiger partial charge is 2.00 e. The number of hydrogen-bond donors (Lipinski definition) is 0. The molecule has 0 fully saturated rings. The molecule has 0 atom stereocenters. The maximum Gasteiger partial charge on any atom is 2.00 e. The number of rotatable bonds is 0. The predicted molar refractivity (Wildman–Crippen MR) is 31.1 cm³/mol. The van der Waals surface area contributed by atoms with Gasteiger partial charge in [0, 0.05) is 0 Å². The molecule has 0 spiro atoms. The van der Waals surface area contributed by atoms with Crippen molar-refractivity contribution < 1.29 is 32.4 Å². The van der Waals surface area contributed by atoms with Crippen LogP contribution in [-0.2, 0) is 19.5 Å². The molecule has 0 heterocycles. The molecule has 0 unspecified atom stereocenters. The monoisotopic (exact) mass is 228 g/mol. The van der Waals surface area contributed by atoms with Gasteiger partial charge in [-0.3, -0.25) is 12.9 Å². The Bertz CT molecular complexity index is 20.5. The van der Waals surface area contributed by atoms with Crippen LogP contribution in [0.3, 0.4) is 0 Å². The summed E-state index contributed by atoms with van der Waals surface area (Å²) in [5, 5.41) is 0. The SMILES string of the molecule is FB(F)F.[CH2-]C.[CH2-]C.[Ru+2]. The fourth-order valence-corrected chi connectivity index (χ4v) is 0. The zero-order chi connectivity index (χ0) is 7.58. The van der Waals surface area contributed by atoms with Crippen LogP contribution >= 0.6 is 0 Å². The summed E-state index contributed by atoms with van der Waals surface area (Å²) in [5.41, 5.74) is 0. The first kappa shape index (κ1) is 22.7. The molecule has 5 heteroatoms. The van der Waals surface area contributed by atoms with Gasteiger partial charge in [-0.15, -0.1) is 0 Å². The Morgan fingerprint density at radius 1 is 0.889 bits per heavy atom. The minimum Gasteiger partial charge on any atom is -0.346 e. The summed E-state index contributed by atoms with van der Waals surface area (Å²) >= 11 is 0. The van der Waals surface area contributed by atoms with Gasteiger partial charge in [-0.1, -0.05) is 0 Å². The van der Waals surface area contributed by atoms with E-state index in [0.29, 0.717) is 0 Å². The van der Waals surface area contributed by atoms with Gasteiger partial charge >= 0.3 is 27.0 Å². The van der Waals surface area contributed by atoms with E-state index in [4.69, 9.17) is 0 Å². The van der Waals surface area contributed by atoms with Gasteiger partial charge in [-0.05, 0) is 0 Å². The molecule has 0 rings (SSSR count). The van der Waals surface area contributed by atoms with Gasteiger partial charge in [0.2, 0.25) is 0 Å². The maximum atomic E-state index is 9.67. The van der Waals surface area contributed by atoms with Crippen LogP contribution in [0.5, 0.6) is 0 Å². The molecule has 0 aliphatic rings. The number of hydrogen-bond acceptors (Lipinski definition) is 0. The fraction of sp³-hybridized carbons (Fsp3) is 0.500. The summed E-state index contributed by atoms with van der Waals surface area (Å²) < 4.78 is 29.0. The normalized spacial score (nSPS) is 4.33. The molecule has 9 heavy (non-hydrogen) atoms. The summed E-state index contributed by atoms with van der Waals surface area (Å²) in [4.78, 5) is 0. The van der Waals surface area contributed by atoms with E-state index in [1.807, 2.05) is 0 Å². The third kappa shape index (κ3) is 1560. The van der Waals surface area contributed by atoms with Gasteiger partial charge in [-0.25, -0.2) is 0 Å². The van der Waals surface area contributed by atoms with Crippen molar-refractivity contribution in [2.45, 2.75) is 13.8 Å². The van der Waals surface area contributed by atoms with E-state index in [0.717, 1.165) is 0 Å². The molecule has 0 saturated carbocycles. The quantitative estimate of drug-likeness (QED) is 0.440. The third-order valence-corrected chi connectivity index (χ3v) is 0. The molecular formula is C4H10BF3Ru. The van der Waals surface area contributed by atoms with E-state index in [2.05, 4.69) is 13.8 Å². The van der Waals surface area contributed by atoms with Crippen LogP contribution in [0.4, 0.5) is 12.9 Å². The van der Waals surface area contributed by atoms with E-state index in [9.17, 15) is 12.9 Å². The molecule has 0 aromatic rings. The van der Waals surface area contributed by atoms with Gasteiger partial charge in [0.25, 0.3) is 0 Å². The van der Waals surface area contributed by atoms with Gasteiger partial charge in [0.1, 0.15) is 0 Å². The molecule has 0 aliphatic heterocycles. The topological polar surface area (TPSA) is 0 Å². The standard InChI is InChI=1S/2C2H5.BF3.Ru/c2*1-2;2-1(3)4;/h2*1H2,2H3;;/q2*-1;;+2. The average molecular weight is 227 g/mol. The number of halogens is 3. The predicted octanol–water partition coefficient (Wildman–Crippen LogP) is 2.56. The van der Waals surface area contributed by atoms with E-state index < -0.39 is 7.54 Å². The second-order valence-corrected chi connectivity index (χ2v) is 0.247. The summed E-state index contributed by atoms with van der Waals surface area (Å²) in [5.74, 6) is 0. The fourth-order valence-electron chi connectivity index (χ4n) is 0. The van der Waals surface area contributed by atoms with E-state index in [1.165, 1.54) is 0 Å². The van der Waals surface area contributed by atoms with Gasteiger partial charge < -0.3 is 13.8 Å². The molecule has 0 aliphatic carbocycles. The van der Waals surface area contributed by atoms with Crippen molar-refractivity contribution in [3.63, 3.8) is 0 Å². The molecule has 0 saturated heterocycles. The second kappa shape index (κ2) is 39.2. The molecule has 0 amide bonds. The Labute approximate surface area is 68.2 Å². The maximum absolute atomic E-state index is 9.67. The smallest absolute Gasteiger partial charge is 0.346 e. The first-order chi connectivity index (χ1) is 3.73. The summed E-state index contributed by atoms with van der Waals surface area (Å²) in [6.07, 6.45) is 0. The third-order valence-electron chi connectivity index (χ3n) is 0. The minimum atomic E-state index is -3.67. The van der Waals surface area contributed by atoms with Crippen LogP contribution in [-0.4, -0.2) is 7.54 Å². The van der Waals surface area contributed by atoms with Crippen LogP contribution in [0.25, 0.3) is 0 Å². The molecule has 0 aromatic heterocycles. The Balaban J connectivity index is -0.0000000221. The molecule has 0 aromatic carbocycles. The Morgan fingerprint density at radius 3 is 0.889 bits per heavy atom. The van der Waals surface area contributed by atoms with Crippen molar-refractivity contribution in [2.75, 3.05) is 0 Å². The van der Waals surface area contributed by atoms with Crippen LogP contribution < -0.4 is 0 Å². The van der Waals surface area contributed by atoms with Crippen molar-refractivity contribution in [1.82, 2.24) is 0 Å². The van der Waals surface area contributed by atoms with Crippen molar-refractivity contribution in [1.29, 1.82) is 0 Å². The molecule has 0 radical (unpaired) electrons. The van der Waals surface area contributed by atoms with Crippen LogP contribution in [0.15, 0.2) is 0 Å². The minimum absolute atomic E-state index is 0. The molecule has 0 N–H and O–H groups in total. The van der Waals surface area contributed by atoms with Crippen LogP contribution in [0, 0.1) is 13.8 Å². The van der Waals surface area contributed by atoms with Crippen LogP contribution in [0.1, 0.15) is 13.8 Å². The van der Waals surface area contributed by atoms with Crippen LogP contribution in [0.2, 0.25) is 0 Å². The zero-order valence-electron chi connectivity index (χ0n) is 5.48. The van der Waals surface area contributed by atoms with Crippen molar-refractivity contribution >= 4 is 7.54 Å². The first-order valence-corrected chi connectivity index (χ1v) is 2.07. The van der Waals surface area contributed by atoms with Gasteiger partial charge in [0.15, 0.2) is 0 Å². The molecule has 58 valence electrons. The van der Waals surface area contributed by atoms with Crippen molar-refractivity contribution in [3.8, 4) is 0 Å². The van der Waals surface area contributed by atoms with Gasteiger partial charge in [-0.2, -0.15) is 13.8 Å². The first-order valence-electron chi connectivity index (χ1n) is 2.07. The molecule has 0 nitrogen and oxygen atoms in total. The second-order valence-electron chi connectivity index (χ2n) is 0.247. The van der Waals surface area contributed by atoms with Gasteiger partial charge in [0.05, 0.1) is 0 Å². The Morgan fingerprint density at radius 2 is 0.889 bits per heavy atom. The zero-order valence-corrected chi connectivity index (χ0v) is 7.22. The van der Waals surface area contributed by atoms with E-state index in [-0.39, 0.29) is 19.5 Å². The summed E-state index contributed by atoms with van der Waals surface area (Å²) in [6, 6.07) is 0. The van der Waals surface area contributed by atoms with Crippen molar-refractivity contribution in [3.05, 3.63) is 13.8 Å². The van der Waals surface area contributed by atoms with E-state index in [1.54, 1.807) is 13.8 Å². The molecule has 0 bridgehead atoms. The molecular weight excluding hydrogens is 217 g/mol.